The van der Waals surface area contributed by atoms with Gasteiger partial charge in [-0.3, -0.25) is 9.51 Å². The molecule has 2 aromatic heterocycles. The highest BCUT2D eigenvalue weighted by Gasteiger charge is 2.24. The Labute approximate surface area is 223 Å². The van der Waals surface area contributed by atoms with Gasteiger partial charge < -0.3 is 14.0 Å². The minimum absolute atomic E-state index is 0.256. The average molecular weight is 527 g/mol. The highest BCUT2D eigenvalue weighted by atomic mass is 19.1. The minimum atomic E-state index is -0.642. The summed E-state index contributed by atoms with van der Waals surface area (Å²) in [5.41, 5.74) is 6.96. The number of ether oxygens (including phenoxy) is 2. The minimum Gasteiger partial charge on any atom is -0.494 e. The second-order valence-electron chi connectivity index (χ2n) is 9.56. The van der Waals surface area contributed by atoms with Crippen LogP contribution in [0.25, 0.3) is 22.2 Å². The summed E-state index contributed by atoms with van der Waals surface area (Å²) in [5, 5.41) is 3.89. The number of nitrogens with zero attached hydrogens (tertiary/aromatic N) is 3. The van der Waals surface area contributed by atoms with Crippen molar-refractivity contribution >= 4 is 22.2 Å². The maximum atomic E-state index is 14.2. The maximum Gasteiger partial charge on any atom is 0.439 e. The topological polar surface area (TPSA) is 95.2 Å². The van der Waals surface area contributed by atoms with E-state index in [1.807, 2.05) is 25.1 Å². The number of nitrogens with one attached hydrogen (secondary N) is 1. The molecule has 0 radical (unpaired) electrons. The summed E-state index contributed by atoms with van der Waals surface area (Å²) in [6.45, 7) is 4.86. The van der Waals surface area contributed by atoms with Crippen LogP contribution < -0.4 is 15.2 Å². The Morgan fingerprint density at radius 1 is 1.15 bits per heavy atom. The summed E-state index contributed by atoms with van der Waals surface area (Å²) in [6, 6.07) is 16.7. The van der Waals surface area contributed by atoms with E-state index in [-0.39, 0.29) is 6.61 Å². The summed E-state index contributed by atoms with van der Waals surface area (Å²) < 4.78 is 32.8. The number of H-pyrrole nitrogens is 1. The Kier molecular flexibility index (Phi) is 6.26. The number of benzene rings is 3. The van der Waals surface area contributed by atoms with Crippen molar-refractivity contribution in [2.75, 3.05) is 7.11 Å². The Morgan fingerprint density at radius 3 is 2.77 bits per heavy atom. The van der Waals surface area contributed by atoms with Crippen molar-refractivity contribution in [3.8, 4) is 11.5 Å². The first kappa shape index (κ1) is 24.7. The molecule has 198 valence electrons. The first-order valence-electron chi connectivity index (χ1n) is 12.8. The average Bonchev–Trinajstić information content (AvgIpc) is 3.48. The van der Waals surface area contributed by atoms with E-state index in [0.29, 0.717) is 29.3 Å². The molecule has 5 aromatic rings. The number of aromatic nitrogens is 4. The number of hydrogen-bond acceptors (Lipinski definition) is 6. The van der Waals surface area contributed by atoms with Gasteiger partial charge in [-0.05, 0) is 65.9 Å². The van der Waals surface area contributed by atoms with Crippen LogP contribution in [0, 0.1) is 5.82 Å². The van der Waals surface area contributed by atoms with Gasteiger partial charge in [0, 0.05) is 30.2 Å². The van der Waals surface area contributed by atoms with Crippen LogP contribution in [0.15, 0.2) is 63.9 Å². The Hall–Kier alpha value is -4.66. The van der Waals surface area contributed by atoms with Crippen molar-refractivity contribution in [2.45, 2.75) is 39.8 Å². The van der Waals surface area contributed by atoms with Crippen LogP contribution in [-0.4, -0.2) is 26.8 Å². The molecule has 1 N–H and O–H groups in total. The number of aryl methyl sites for hydroxylation is 1. The van der Waals surface area contributed by atoms with Gasteiger partial charge >= 0.3 is 5.76 Å². The number of para-hydroxylation sites is 1. The molecule has 3 heterocycles. The zero-order chi connectivity index (χ0) is 27.1. The standard InChI is InChI=1S/C30H27FN4O4/c1-4-6-26-32-28-23(7-5-8-24(28)37-3)35(26)15-18-9-11-21-19(13-18)16-38-25-14-20(31)10-12-22(25)27(21)17(2)29-33-30(36)39-34-29/h5,7-14H,4,6,15-16H2,1-3H3,(H,33,34,36). The van der Waals surface area contributed by atoms with Crippen LogP contribution >= 0.6 is 0 Å². The van der Waals surface area contributed by atoms with Gasteiger partial charge in [0.15, 0.2) is 5.82 Å². The van der Waals surface area contributed by atoms with E-state index in [1.54, 1.807) is 13.2 Å². The number of imidazole rings is 1. The van der Waals surface area contributed by atoms with E-state index in [2.05, 4.69) is 39.8 Å². The second kappa shape index (κ2) is 9.90. The lowest BCUT2D eigenvalue weighted by Crippen LogP contribution is -2.07. The number of halogens is 1. The third kappa shape index (κ3) is 4.39. The van der Waals surface area contributed by atoms with Crippen molar-refractivity contribution < 1.29 is 18.4 Å². The summed E-state index contributed by atoms with van der Waals surface area (Å²) >= 11 is 0. The van der Waals surface area contributed by atoms with Gasteiger partial charge in [-0.15, -0.1) is 0 Å². The van der Waals surface area contributed by atoms with Gasteiger partial charge in [0.1, 0.15) is 35.3 Å². The molecule has 0 saturated heterocycles. The van der Waals surface area contributed by atoms with Crippen LogP contribution in [0.4, 0.5) is 4.39 Å². The molecule has 0 atom stereocenters. The van der Waals surface area contributed by atoms with Crippen molar-refractivity contribution in [3.63, 3.8) is 0 Å². The molecule has 0 unspecified atom stereocenters. The van der Waals surface area contributed by atoms with E-state index in [0.717, 1.165) is 57.7 Å². The lowest BCUT2D eigenvalue weighted by Gasteiger charge is -2.15. The molecule has 0 saturated carbocycles. The van der Waals surface area contributed by atoms with Crippen molar-refractivity contribution in [2.24, 2.45) is 0 Å². The van der Waals surface area contributed by atoms with Crippen LogP contribution in [0.1, 0.15) is 54.2 Å². The molecule has 0 amide bonds. The van der Waals surface area contributed by atoms with Gasteiger partial charge in [0.05, 0.1) is 12.6 Å². The predicted octanol–water partition coefficient (Wildman–Crippen LogP) is 5.73. The van der Waals surface area contributed by atoms with Gasteiger partial charge in [-0.2, -0.15) is 0 Å². The third-order valence-electron chi connectivity index (χ3n) is 7.06. The maximum absolute atomic E-state index is 14.2. The molecule has 0 fully saturated rings. The van der Waals surface area contributed by atoms with Crippen LogP contribution in [0.2, 0.25) is 0 Å². The van der Waals surface area contributed by atoms with Gasteiger partial charge in [0.25, 0.3) is 0 Å². The fraction of sp³-hybridized carbons (Fsp3) is 0.233. The number of rotatable bonds is 6. The van der Waals surface area contributed by atoms with Gasteiger partial charge in [-0.25, -0.2) is 14.2 Å². The van der Waals surface area contributed by atoms with Crippen LogP contribution in [0.3, 0.4) is 0 Å². The molecule has 8 nitrogen and oxygen atoms in total. The fourth-order valence-electron chi connectivity index (χ4n) is 5.25. The molecular weight excluding hydrogens is 499 g/mol. The monoisotopic (exact) mass is 526 g/mol. The molecule has 1 aliphatic heterocycles. The van der Waals surface area contributed by atoms with Gasteiger partial charge in [0.2, 0.25) is 0 Å². The number of aromatic amines is 1. The molecular formula is C30H27FN4O4. The molecule has 1 aliphatic rings. The highest BCUT2D eigenvalue weighted by Crippen LogP contribution is 2.41. The molecule has 0 spiro atoms. The predicted molar refractivity (Wildman–Crippen MR) is 145 cm³/mol. The fourth-order valence-corrected chi connectivity index (χ4v) is 5.25. The van der Waals surface area contributed by atoms with Crippen molar-refractivity contribution in [1.82, 2.24) is 19.7 Å². The summed E-state index contributed by atoms with van der Waals surface area (Å²) in [6.07, 6.45) is 1.81. The lowest BCUT2D eigenvalue weighted by atomic mass is 9.89. The lowest BCUT2D eigenvalue weighted by molar-refractivity contribution is 0.305. The zero-order valence-electron chi connectivity index (χ0n) is 21.9. The first-order valence-corrected chi connectivity index (χ1v) is 12.8. The smallest absolute Gasteiger partial charge is 0.439 e. The number of hydrogen-bond donors (Lipinski definition) is 1. The normalized spacial score (nSPS) is 13.9. The van der Waals surface area contributed by atoms with E-state index in [1.165, 1.54) is 12.1 Å². The Bertz CT molecular complexity index is 1800. The molecule has 0 aliphatic carbocycles. The highest BCUT2D eigenvalue weighted by molar-refractivity contribution is 5.99. The van der Waals surface area contributed by atoms with E-state index >= 15 is 0 Å². The zero-order valence-corrected chi connectivity index (χ0v) is 21.9. The Balaban J connectivity index is 1.48. The SMILES string of the molecule is CCCc1nc2c(OC)cccc2n1Cc1ccc2c(c1)COc1cc(F)ccc1C2=C(C)c1noc(=O)[nH]1. The second-order valence-corrected chi connectivity index (χ2v) is 9.56. The van der Waals surface area contributed by atoms with E-state index in [4.69, 9.17) is 19.0 Å². The van der Waals surface area contributed by atoms with E-state index < -0.39 is 11.6 Å². The molecule has 6 rings (SSSR count). The molecule has 39 heavy (non-hydrogen) atoms. The summed E-state index contributed by atoms with van der Waals surface area (Å²) in [5.74, 6) is 1.45. The van der Waals surface area contributed by atoms with Gasteiger partial charge in [-0.1, -0.05) is 30.3 Å². The quantitative estimate of drug-likeness (QED) is 0.304. The first-order chi connectivity index (χ1) is 19.0. The largest absolute Gasteiger partial charge is 0.494 e. The molecule has 3 aromatic carbocycles. The van der Waals surface area contributed by atoms with Crippen LogP contribution in [-0.2, 0) is 19.6 Å². The molecule has 0 bridgehead atoms. The van der Waals surface area contributed by atoms with Crippen molar-refractivity contribution in [3.05, 3.63) is 105 Å². The number of allylic oxidation sites excluding steroid dienone is 1. The molecule has 9 heteroatoms. The summed E-state index contributed by atoms with van der Waals surface area (Å²) in [7, 11) is 1.66. The van der Waals surface area contributed by atoms with Crippen LogP contribution in [0.5, 0.6) is 11.5 Å². The Morgan fingerprint density at radius 2 is 2.00 bits per heavy atom. The number of methoxy groups -OCH3 is 1. The third-order valence-corrected chi connectivity index (χ3v) is 7.06. The summed E-state index contributed by atoms with van der Waals surface area (Å²) in [4.78, 5) is 19.2. The van der Waals surface area contributed by atoms with E-state index in [9.17, 15) is 9.18 Å². The number of fused-ring (bicyclic) bond motifs is 3. The van der Waals surface area contributed by atoms with Crippen molar-refractivity contribution in [1.29, 1.82) is 0 Å².